The summed E-state index contributed by atoms with van der Waals surface area (Å²) in [5.41, 5.74) is 9.73. The fourth-order valence-electron chi connectivity index (χ4n) is 4.26. The maximum absolute atomic E-state index is 12.7. The third-order valence-corrected chi connectivity index (χ3v) is 6.23. The monoisotopic (exact) mass is 448 g/mol. The van der Waals surface area contributed by atoms with Crippen molar-refractivity contribution in [1.29, 1.82) is 0 Å². The van der Waals surface area contributed by atoms with E-state index in [4.69, 9.17) is 19.7 Å². The van der Waals surface area contributed by atoms with E-state index in [-0.39, 0.29) is 23.8 Å². The second kappa shape index (κ2) is 9.33. The number of hydrogen-bond acceptors (Lipinski definition) is 7. The number of ether oxygens (including phenoxy) is 2. The number of hydrogen-bond donors (Lipinski definition) is 2. The number of nitrogens with zero attached hydrogens (tertiary/aromatic N) is 2. The van der Waals surface area contributed by atoms with Gasteiger partial charge in [0.05, 0.1) is 18.9 Å². The van der Waals surface area contributed by atoms with Crippen molar-refractivity contribution in [3.63, 3.8) is 0 Å². The molecule has 1 aliphatic carbocycles. The molecule has 3 aromatic rings. The minimum Gasteiger partial charge on any atom is -0.490 e. The molecule has 1 aromatic carbocycles. The van der Waals surface area contributed by atoms with E-state index >= 15 is 0 Å². The number of rotatable bonds is 7. The van der Waals surface area contributed by atoms with E-state index in [1.165, 1.54) is 0 Å². The summed E-state index contributed by atoms with van der Waals surface area (Å²) in [6.07, 6.45) is 4.39. The molecule has 0 spiro atoms. The summed E-state index contributed by atoms with van der Waals surface area (Å²) in [6.45, 7) is 3.71. The van der Waals surface area contributed by atoms with Gasteiger partial charge in [-0.3, -0.25) is 4.79 Å². The van der Waals surface area contributed by atoms with E-state index in [1.54, 1.807) is 6.20 Å². The zero-order valence-electron chi connectivity index (χ0n) is 18.6. The van der Waals surface area contributed by atoms with E-state index in [0.29, 0.717) is 12.4 Å². The number of aryl methyl sites for hydroxylation is 1. The summed E-state index contributed by atoms with van der Waals surface area (Å²) in [4.78, 5) is 17.0. The Hall–Kier alpha value is -3.23. The van der Waals surface area contributed by atoms with Crippen molar-refractivity contribution in [3.05, 3.63) is 59.6 Å². The van der Waals surface area contributed by atoms with Crippen LogP contribution < -0.4 is 15.8 Å². The molecule has 2 aromatic heterocycles. The van der Waals surface area contributed by atoms with Gasteiger partial charge in [0.2, 0.25) is 5.91 Å². The number of nitrogens with two attached hydrogens (primary N) is 1. The Labute approximate surface area is 192 Å². The first kappa shape index (κ1) is 21.6. The van der Waals surface area contributed by atoms with Crippen molar-refractivity contribution in [3.8, 4) is 16.9 Å². The lowest BCUT2D eigenvalue weighted by atomic mass is 10.0. The molecule has 0 radical (unpaired) electrons. The molecule has 1 aliphatic heterocycles. The van der Waals surface area contributed by atoms with Crippen LogP contribution in [0, 0.1) is 12.8 Å². The molecule has 5 rings (SSSR count). The fraction of sp³-hybridized carbons (Fsp3) is 0.400. The van der Waals surface area contributed by atoms with Crippen LogP contribution >= 0.6 is 0 Å². The van der Waals surface area contributed by atoms with Gasteiger partial charge in [-0.2, -0.15) is 0 Å². The zero-order valence-corrected chi connectivity index (χ0v) is 18.6. The predicted molar refractivity (Wildman–Crippen MR) is 123 cm³/mol. The van der Waals surface area contributed by atoms with Crippen LogP contribution in [0.2, 0.25) is 0 Å². The lowest BCUT2D eigenvalue weighted by Crippen LogP contribution is -2.26. The number of amides is 1. The molecule has 172 valence electrons. The van der Waals surface area contributed by atoms with Gasteiger partial charge in [-0.25, -0.2) is 4.98 Å². The summed E-state index contributed by atoms with van der Waals surface area (Å²) in [5, 5.41) is 6.85. The second-order valence-electron chi connectivity index (χ2n) is 8.69. The van der Waals surface area contributed by atoms with E-state index in [9.17, 15) is 4.79 Å². The lowest BCUT2D eigenvalue weighted by molar-refractivity contribution is -0.117. The Balaban J connectivity index is 1.27. The first-order valence-corrected chi connectivity index (χ1v) is 11.4. The average molecular weight is 449 g/mol. The largest absolute Gasteiger partial charge is 0.490 e. The normalized spacial score (nSPS) is 20.4. The Morgan fingerprint density at radius 2 is 2.00 bits per heavy atom. The van der Waals surface area contributed by atoms with Crippen molar-refractivity contribution < 1.29 is 18.8 Å². The first-order valence-electron chi connectivity index (χ1n) is 11.4. The molecule has 2 fully saturated rings. The molecular weight excluding hydrogens is 420 g/mol. The van der Waals surface area contributed by atoms with Gasteiger partial charge in [-0.1, -0.05) is 11.2 Å². The minimum atomic E-state index is -0.117. The molecule has 3 N–H and O–H groups in total. The molecule has 1 amide bonds. The number of anilines is 1. The molecule has 1 saturated heterocycles. The lowest BCUT2D eigenvalue weighted by Gasteiger charge is -2.24. The van der Waals surface area contributed by atoms with Gasteiger partial charge in [-0.15, -0.1) is 0 Å². The van der Waals surface area contributed by atoms with Crippen LogP contribution in [0.3, 0.4) is 0 Å². The first-order chi connectivity index (χ1) is 16.1. The van der Waals surface area contributed by atoms with Crippen LogP contribution in [0.5, 0.6) is 5.75 Å². The van der Waals surface area contributed by atoms with Gasteiger partial charge in [0.15, 0.2) is 0 Å². The van der Waals surface area contributed by atoms with Gasteiger partial charge in [0.1, 0.15) is 23.4 Å². The molecule has 0 unspecified atom stereocenters. The third-order valence-electron chi connectivity index (χ3n) is 6.23. The summed E-state index contributed by atoms with van der Waals surface area (Å²) >= 11 is 0. The van der Waals surface area contributed by atoms with Crippen molar-refractivity contribution in [2.75, 3.05) is 18.5 Å². The van der Waals surface area contributed by atoms with Crippen molar-refractivity contribution >= 4 is 11.7 Å². The van der Waals surface area contributed by atoms with Crippen LogP contribution in [0.1, 0.15) is 42.2 Å². The summed E-state index contributed by atoms with van der Waals surface area (Å²) in [6, 6.07) is 11.7. The van der Waals surface area contributed by atoms with E-state index < -0.39 is 0 Å². The molecule has 3 heterocycles. The molecule has 8 heteroatoms. The van der Waals surface area contributed by atoms with Crippen molar-refractivity contribution in [2.45, 2.75) is 44.8 Å². The Bertz CT molecular complexity index is 1140. The second-order valence-corrected chi connectivity index (χ2v) is 8.69. The minimum absolute atomic E-state index is 0.0541. The topological polar surface area (TPSA) is 112 Å². The summed E-state index contributed by atoms with van der Waals surface area (Å²) < 4.78 is 16.9. The SMILES string of the molecule is Cc1cc([C@@H]2C[C@H]2C(=O)Nc2cc(-c3ccc(OC4CCOCC4)c(CN)c3)ccn2)on1. The highest BCUT2D eigenvalue weighted by Crippen LogP contribution is 2.48. The highest BCUT2D eigenvalue weighted by molar-refractivity contribution is 5.94. The number of aromatic nitrogens is 2. The van der Waals surface area contributed by atoms with E-state index in [0.717, 1.165) is 66.4 Å². The zero-order chi connectivity index (χ0) is 22.8. The molecule has 2 atom stereocenters. The maximum atomic E-state index is 12.7. The number of carbonyl (C=O) groups is 1. The third kappa shape index (κ3) is 4.91. The molecule has 8 nitrogen and oxygen atoms in total. The van der Waals surface area contributed by atoms with E-state index in [2.05, 4.69) is 15.5 Å². The van der Waals surface area contributed by atoms with Crippen molar-refractivity contribution in [2.24, 2.45) is 11.7 Å². The van der Waals surface area contributed by atoms with Crippen LogP contribution in [-0.4, -0.2) is 35.4 Å². The standard InChI is InChI=1S/C25H28N4O4/c1-15-10-23(33-29-15)20-13-21(20)25(30)28-24-12-17(4-7-27-24)16-2-3-22(18(11-16)14-26)32-19-5-8-31-9-6-19/h2-4,7,10-12,19-21H,5-6,8-9,13-14,26H2,1H3,(H,27,28,30)/t20-,21-/m1/s1. The summed E-state index contributed by atoms with van der Waals surface area (Å²) in [7, 11) is 0. The number of nitrogens with one attached hydrogen (secondary N) is 1. The van der Waals surface area contributed by atoms with Crippen LogP contribution in [0.15, 0.2) is 47.1 Å². The van der Waals surface area contributed by atoms with Crippen LogP contribution in [-0.2, 0) is 16.1 Å². The van der Waals surface area contributed by atoms with Gasteiger partial charge < -0.3 is 25.0 Å². The molecule has 0 bridgehead atoms. The molecular formula is C25H28N4O4. The predicted octanol–water partition coefficient (Wildman–Crippen LogP) is 3.80. The molecule has 33 heavy (non-hydrogen) atoms. The van der Waals surface area contributed by atoms with Gasteiger partial charge in [0.25, 0.3) is 0 Å². The maximum Gasteiger partial charge on any atom is 0.229 e. The van der Waals surface area contributed by atoms with Crippen LogP contribution in [0.4, 0.5) is 5.82 Å². The van der Waals surface area contributed by atoms with Gasteiger partial charge in [-0.05, 0) is 48.7 Å². The van der Waals surface area contributed by atoms with Gasteiger partial charge in [0, 0.05) is 49.0 Å². The summed E-state index contributed by atoms with van der Waals surface area (Å²) in [5.74, 6) is 2.03. The fourth-order valence-corrected chi connectivity index (χ4v) is 4.26. The van der Waals surface area contributed by atoms with Gasteiger partial charge >= 0.3 is 0 Å². The number of pyridine rings is 1. The van der Waals surface area contributed by atoms with Crippen LogP contribution in [0.25, 0.3) is 11.1 Å². The quantitative estimate of drug-likeness (QED) is 0.565. The smallest absolute Gasteiger partial charge is 0.229 e. The number of benzene rings is 1. The van der Waals surface area contributed by atoms with Crippen molar-refractivity contribution in [1.82, 2.24) is 10.1 Å². The highest BCUT2D eigenvalue weighted by atomic mass is 16.5. The Kier molecular flexibility index (Phi) is 6.11. The highest BCUT2D eigenvalue weighted by Gasteiger charge is 2.46. The Morgan fingerprint density at radius 3 is 2.76 bits per heavy atom. The average Bonchev–Trinajstić information content (AvgIpc) is 3.53. The molecule has 1 saturated carbocycles. The van der Waals surface area contributed by atoms with E-state index in [1.807, 2.05) is 43.3 Å². The Morgan fingerprint density at radius 1 is 1.18 bits per heavy atom. The molecule has 2 aliphatic rings. The number of carbonyl (C=O) groups excluding carboxylic acids is 1.